The molecule has 0 spiro atoms. The predicted octanol–water partition coefficient (Wildman–Crippen LogP) is 3.71. The number of nitrogens with zero attached hydrogens (tertiary/aromatic N) is 1. The van der Waals surface area contributed by atoms with Crippen LogP contribution in [0, 0.1) is 0 Å². The van der Waals surface area contributed by atoms with E-state index in [1.807, 2.05) is 0 Å². The van der Waals surface area contributed by atoms with E-state index in [1.165, 1.54) is 5.01 Å². The third-order valence-electron chi connectivity index (χ3n) is 2.45. The Morgan fingerprint density at radius 1 is 1.37 bits per heavy atom. The van der Waals surface area contributed by atoms with Gasteiger partial charge in [-0.05, 0) is 30.8 Å². The monoisotopic (exact) mass is 320 g/mol. The smallest absolute Gasteiger partial charge is 0.187 e. The zero-order valence-corrected chi connectivity index (χ0v) is 13.3. The molecule has 19 heavy (non-hydrogen) atoms. The second-order valence-electron chi connectivity index (χ2n) is 4.14. The topological polar surface area (TPSA) is 53.3 Å². The fraction of sp³-hybridized carbons (Fsp3) is 0.417. The number of hydrogen-bond donors (Lipinski definition) is 3. The first kappa shape index (κ1) is 16.3. The van der Waals surface area contributed by atoms with Crippen molar-refractivity contribution in [1.82, 2.24) is 5.01 Å². The molecule has 1 aromatic rings. The van der Waals surface area contributed by atoms with Crippen LogP contribution in [0.1, 0.15) is 19.8 Å². The van der Waals surface area contributed by atoms with E-state index in [-0.39, 0.29) is 0 Å². The normalized spacial score (nSPS) is 10.2. The fourth-order valence-corrected chi connectivity index (χ4v) is 2.15. The third-order valence-corrected chi connectivity index (χ3v) is 3.43. The lowest BCUT2D eigenvalue weighted by Crippen LogP contribution is -2.36. The molecule has 1 aromatic carbocycles. The van der Waals surface area contributed by atoms with E-state index in [1.54, 1.807) is 19.2 Å². The number of unbranched alkanes of at least 4 members (excludes halogenated alkanes) is 1. The number of benzene rings is 1. The number of rotatable bonds is 5. The molecule has 0 radical (unpaired) electrons. The van der Waals surface area contributed by atoms with Gasteiger partial charge < -0.3 is 10.6 Å². The molecule has 4 N–H and O–H groups in total. The van der Waals surface area contributed by atoms with Gasteiger partial charge >= 0.3 is 0 Å². The standard InChI is InChI=1S/C12H18Cl2N4S/c1-3-4-5-16-11-9(13)6-8(7-10(11)14)17-12(19)18(2)15/h6-7,16H,3-5,15H2,1-2H3,(H,17,19). The third kappa shape index (κ3) is 5.03. The van der Waals surface area contributed by atoms with Crippen LogP contribution in [-0.2, 0) is 0 Å². The number of hydrogen-bond acceptors (Lipinski definition) is 3. The van der Waals surface area contributed by atoms with Gasteiger partial charge in [0.1, 0.15) is 0 Å². The lowest BCUT2D eigenvalue weighted by molar-refractivity contribution is 0.548. The lowest BCUT2D eigenvalue weighted by atomic mass is 10.2. The van der Waals surface area contributed by atoms with Gasteiger partial charge in [-0.3, -0.25) is 5.01 Å². The zero-order valence-electron chi connectivity index (χ0n) is 11.0. The summed E-state index contributed by atoms with van der Waals surface area (Å²) in [5.41, 5.74) is 1.45. The molecule has 1 rings (SSSR count). The number of anilines is 2. The summed E-state index contributed by atoms with van der Waals surface area (Å²) in [5, 5.41) is 8.98. The summed E-state index contributed by atoms with van der Waals surface area (Å²) in [7, 11) is 1.65. The summed E-state index contributed by atoms with van der Waals surface area (Å²) >= 11 is 17.5. The van der Waals surface area contributed by atoms with E-state index < -0.39 is 0 Å². The highest BCUT2D eigenvalue weighted by Crippen LogP contribution is 2.33. The van der Waals surface area contributed by atoms with E-state index in [9.17, 15) is 0 Å². The maximum atomic E-state index is 6.20. The first-order chi connectivity index (χ1) is 8.95. The average Bonchev–Trinajstić information content (AvgIpc) is 2.32. The SMILES string of the molecule is CCCCNc1c(Cl)cc(NC(=S)N(C)N)cc1Cl. The minimum absolute atomic E-state index is 0.388. The first-order valence-electron chi connectivity index (χ1n) is 5.98. The summed E-state index contributed by atoms with van der Waals surface area (Å²) < 4.78 is 0. The molecule has 4 nitrogen and oxygen atoms in total. The summed E-state index contributed by atoms with van der Waals surface area (Å²) in [5.74, 6) is 5.52. The van der Waals surface area contributed by atoms with Crippen LogP contribution in [0.15, 0.2) is 12.1 Å². The molecular formula is C12H18Cl2N4S. The van der Waals surface area contributed by atoms with Gasteiger partial charge in [-0.1, -0.05) is 36.5 Å². The Kier molecular flexibility index (Phi) is 6.65. The number of halogens is 2. The Bertz CT molecular complexity index is 428. The molecule has 0 saturated heterocycles. The van der Waals surface area contributed by atoms with Crippen molar-refractivity contribution < 1.29 is 0 Å². The van der Waals surface area contributed by atoms with E-state index in [4.69, 9.17) is 41.3 Å². The van der Waals surface area contributed by atoms with Crippen LogP contribution in [0.5, 0.6) is 0 Å². The molecule has 0 bridgehead atoms. The van der Waals surface area contributed by atoms with Gasteiger partial charge in [0.15, 0.2) is 5.11 Å². The average molecular weight is 321 g/mol. The molecular weight excluding hydrogens is 303 g/mol. The largest absolute Gasteiger partial charge is 0.383 e. The van der Waals surface area contributed by atoms with Crippen molar-refractivity contribution in [3.8, 4) is 0 Å². The van der Waals surface area contributed by atoms with E-state index in [2.05, 4.69) is 17.6 Å². The molecule has 0 atom stereocenters. The summed E-state index contributed by atoms with van der Waals surface area (Å²) in [6, 6.07) is 3.52. The summed E-state index contributed by atoms with van der Waals surface area (Å²) in [4.78, 5) is 0. The fourth-order valence-electron chi connectivity index (χ4n) is 1.42. The zero-order chi connectivity index (χ0) is 14.4. The van der Waals surface area contributed by atoms with Crippen LogP contribution < -0.4 is 16.5 Å². The van der Waals surface area contributed by atoms with Crippen molar-refractivity contribution in [3.63, 3.8) is 0 Å². The Morgan fingerprint density at radius 3 is 2.42 bits per heavy atom. The van der Waals surface area contributed by atoms with Crippen LogP contribution in [0.3, 0.4) is 0 Å². The maximum Gasteiger partial charge on any atom is 0.187 e. The minimum Gasteiger partial charge on any atom is -0.383 e. The molecule has 0 saturated carbocycles. The highest BCUT2D eigenvalue weighted by Gasteiger charge is 2.09. The predicted molar refractivity (Wildman–Crippen MR) is 88.0 cm³/mol. The molecule has 106 valence electrons. The Morgan fingerprint density at radius 2 is 1.95 bits per heavy atom. The second-order valence-corrected chi connectivity index (χ2v) is 5.34. The molecule has 0 unspecified atom stereocenters. The van der Waals surface area contributed by atoms with Crippen molar-refractivity contribution in [1.29, 1.82) is 0 Å². The number of nitrogens with one attached hydrogen (secondary N) is 2. The quantitative estimate of drug-likeness (QED) is 0.334. The van der Waals surface area contributed by atoms with Gasteiger partial charge in [0.25, 0.3) is 0 Å². The second kappa shape index (κ2) is 7.75. The van der Waals surface area contributed by atoms with Gasteiger partial charge in [-0.2, -0.15) is 0 Å². The van der Waals surface area contributed by atoms with Gasteiger partial charge in [0.05, 0.1) is 15.7 Å². The van der Waals surface area contributed by atoms with Crippen LogP contribution in [0.25, 0.3) is 0 Å². The van der Waals surface area contributed by atoms with Crippen molar-refractivity contribution in [3.05, 3.63) is 22.2 Å². The van der Waals surface area contributed by atoms with Crippen molar-refractivity contribution in [2.75, 3.05) is 24.2 Å². The maximum absolute atomic E-state index is 6.20. The van der Waals surface area contributed by atoms with Crippen LogP contribution >= 0.6 is 35.4 Å². The number of hydrazine groups is 1. The van der Waals surface area contributed by atoms with Crippen molar-refractivity contribution in [2.45, 2.75) is 19.8 Å². The molecule has 0 aliphatic carbocycles. The van der Waals surface area contributed by atoms with Gasteiger partial charge in [0.2, 0.25) is 0 Å². The summed E-state index contributed by atoms with van der Waals surface area (Å²) in [6.45, 7) is 2.97. The van der Waals surface area contributed by atoms with Gasteiger partial charge in [-0.25, -0.2) is 5.84 Å². The Hall–Kier alpha value is -0.750. The number of thiocarbonyl (C=S) groups is 1. The minimum atomic E-state index is 0.388. The van der Waals surface area contributed by atoms with Crippen LogP contribution in [0.4, 0.5) is 11.4 Å². The van der Waals surface area contributed by atoms with Crippen molar-refractivity contribution in [2.24, 2.45) is 5.84 Å². The molecule has 7 heteroatoms. The van der Waals surface area contributed by atoms with E-state index >= 15 is 0 Å². The van der Waals surface area contributed by atoms with Crippen molar-refractivity contribution >= 4 is 51.9 Å². The highest BCUT2D eigenvalue weighted by molar-refractivity contribution is 7.80. The summed E-state index contributed by atoms with van der Waals surface area (Å²) in [6.07, 6.45) is 2.17. The Labute approximate surface area is 129 Å². The van der Waals surface area contributed by atoms with E-state index in [0.717, 1.165) is 25.1 Å². The Balaban J connectivity index is 2.81. The molecule has 0 aliphatic rings. The van der Waals surface area contributed by atoms with Crippen LogP contribution in [0.2, 0.25) is 10.0 Å². The highest BCUT2D eigenvalue weighted by atomic mass is 35.5. The van der Waals surface area contributed by atoms with Crippen LogP contribution in [-0.4, -0.2) is 23.7 Å². The van der Waals surface area contributed by atoms with E-state index in [0.29, 0.717) is 20.8 Å². The number of nitrogens with two attached hydrogens (primary N) is 1. The molecule has 0 aliphatic heterocycles. The van der Waals surface area contributed by atoms with Gasteiger partial charge in [-0.15, -0.1) is 0 Å². The molecule has 0 amide bonds. The van der Waals surface area contributed by atoms with Gasteiger partial charge in [0, 0.05) is 19.3 Å². The molecule has 0 aromatic heterocycles. The molecule has 0 heterocycles. The first-order valence-corrected chi connectivity index (χ1v) is 7.14. The molecule has 0 fully saturated rings. The lowest BCUT2D eigenvalue weighted by Gasteiger charge is -2.17.